The summed E-state index contributed by atoms with van der Waals surface area (Å²) in [5, 5.41) is 15.1. The van der Waals surface area contributed by atoms with E-state index in [1.807, 2.05) is 11.8 Å². The molecule has 0 bridgehead atoms. The zero-order chi connectivity index (χ0) is 10.4. The predicted molar refractivity (Wildman–Crippen MR) is 58.1 cm³/mol. The molecule has 1 heterocycles. The van der Waals surface area contributed by atoms with Crippen molar-refractivity contribution < 1.29 is 0 Å². The van der Waals surface area contributed by atoms with Gasteiger partial charge in [-0.3, -0.25) is 0 Å². The van der Waals surface area contributed by atoms with Crippen LogP contribution < -0.4 is 5.32 Å². The number of aryl methyl sites for hydroxylation is 1. The summed E-state index contributed by atoms with van der Waals surface area (Å²) in [6, 6.07) is 0.490. The number of nitrogens with one attached hydrogen (secondary N) is 1. The second-order valence-corrected chi connectivity index (χ2v) is 4.46. The number of nitrogens with zero attached hydrogens (tertiary/aromatic N) is 4. The first-order valence-electron chi connectivity index (χ1n) is 4.76. The Labute approximate surface area is 88.6 Å². The molecule has 5 nitrogen and oxygen atoms in total. The highest BCUT2D eigenvalue weighted by atomic mass is 32.2. The molecule has 0 aliphatic carbocycles. The molecular weight excluding hydrogens is 198 g/mol. The Hall–Kier alpha value is -0.620. The summed E-state index contributed by atoms with van der Waals surface area (Å²) in [5.74, 6) is 3.03. The summed E-state index contributed by atoms with van der Waals surface area (Å²) < 4.78 is 0. The predicted octanol–water partition coefficient (Wildman–Crippen LogP) is 0.441. The van der Waals surface area contributed by atoms with Crippen LogP contribution in [-0.4, -0.2) is 37.8 Å². The van der Waals surface area contributed by atoms with Gasteiger partial charge in [-0.05, 0) is 17.9 Å². The number of hydrogen-bond donors (Lipinski definition) is 1. The van der Waals surface area contributed by atoms with Gasteiger partial charge in [-0.15, -0.1) is 10.2 Å². The van der Waals surface area contributed by atoms with Gasteiger partial charge in [0.25, 0.3) is 0 Å². The van der Waals surface area contributed by atoms with Crippen molar-refractivity contribution in [3.63, 3.8) is 0 Å². The molecule has 0 aliphatic rings. The third-order valence-corrected chi connectivity index (χ3v) is 2.87. The average molecular weight is 215 g/mol. The van der Waals surface area contributed by atoms with Crippen molar-refractivity contribution in [2.24, 2.45) is 7.05 Å². The normalized spacial score (nSPS) is 13.1. The van der Waals surface area contributed by atoms with Crippen LogP contribution in [0.5, 0.6) is 0 Å². The topological polar surface area (TPSA) is 55.6 Å². The first kappa shape index (κ1) is 11.5. The molecule has 0 saturated heterocycles. The molecule has 0 amide bonds. The van der Waals surface area contributed by atoms with E-state index in [1.54, 1.807) is 7.05 Å². The minimum absolute atomic E-state index is 0.490. The van der Waals surface area contributed by atoms with Gasteiger partial charge < -0.3 is 5.32 Å². The van der Waals surface area contributed by atoms with Gasteiger partial charge in [0.2, 0.25) is 0 Å². The van der Waals surface area contributed by atoms with Crippen LogP contribution in [0.4, 0.5) is 0 Å². The van der Waals surface area contributed by atoms with E-state index < -0.39 is 0 Å². The summed E-state index contributed by atoms with van der Waals surface area (Å²) in [7, 11) is 1.77. The Morgan fingerprint density at radius 1 is 1.57 bits per heavy atom. The quantitative estimate of drug-likeness (QED) is 0.746. The van der Waals surface area contributed by atoms with Crippen LogP contribution in [0.3, 0.4) is 0 Å². The molecule has 0 aromatic carbocycles. The molecule has 6 heteroatoms. The number of rotatable bonds is 6. The third-order valence-electron chi connectivity index (χ3n) is 1.73. The summed E-state index contributed by atoms with van der Waals surface area (Å²) in [6.45, 7) is 5.03. The van der Waals surface area contributed by atoms with Crippen molar-refractivity contribution >= 4 is 11.8 Å². The van der Waals surface area contributed by atoms with Crippen LogP contribution in [0.2, 0.25) is 0 Å². The maximum Gasteiger partial charge on any atom is 0.188 e. The molecule has 1 N–H and O–H groups in total. The zero-order valence-electron chi connectivity index (χ0n) is 8.90. The molecule has 0 saturated carbocycles. The highest BCUT2D eigenvalue weighted by molar-refractivity contribution is 7.99. The molecule has 0 fully saturated rings. The fourth-order valence-electron chi connectivity index (χ4n) is 1.01. The number of thioether (sulfide) groups is 1. The fourth-order valence-corrected chi connectivity index (χ4v) is 1.72. The van der Waals surface area contributed by atoms with E-state index in [2.05, 4.69) is 34.6 Å². The van der Waals surface area contributed by atoms with Crippen LogP contribution in [0.15, 0.2) is 0 Å². The van der Waals surface area contributed by atoms with Crippen molar-refractivity contribution in [1.82, 2.24) is 25.5 Å². The number of tetrazole rings is 1. The van der Waals surface area contributed by atoms with Gasteiger partial charge in [-0.1, -0.05) is 6.92 Å². The standard InChI is InChI=1S/C8H17N5S/c1-4-14-6-7(2)9-5-8-10-12-13(3)11-8/h7,9H,4-6H2,1-3H3. The van der Waals surface area contributed by atoms with Gasteiger partial charge in [-0.25, -0.2) is 0 Å². The van der Waals surface area contributed by atoms with Crippen molar-refractivity contribution in [3.05, 3.63) is 5.82 Å². The fraction of sp³-hybridized carbons (Fsp3) is 0.875. The minimum atomic E-state index is 0.490. The summed E-state index contributed by atoms with van der Waals surface area (Å²) >= 11 is 1.93. The largest absolute Gasteiger partial charge is 0.306 e. The first-order valence-corrected chi connectivity index (χ1v) is 5.91. The zero-order valence-corrected chi connectivity index (χ0v) is 9.71. The smallest absolute Gasteiger partial charge is 0.188 e. The van der Waals surface area contributed by atoms with Crippen LogP contribution in [0.25, 0.3) is 0 Å². The maximum absolute atomic E-state index is 4.09. The lowest BCUT2D eigenvalue weighted by molar-refractivity contribution is 0.573. The summed E-state index contributed by atoms with van der Waals surface area (Å²) in [6.07, 6.45) is 0. The molecule has 14 heavy (non-hydrogen) atoms. The van der Waals surface area contributed by atoms with Gasteiger partial charge in [0.05, 0.1) is 13.6 Å². The van der Waals surface area contributed by atoms with Gasteiger partial charge in [-0.2, -0.15) is 16.6 Å². The highest BCUT2D eigenvalue weighted by Gasteiger charge is 2.03. The molecule has 1 rings (SSSR count). The van der Waals surface area contributed by atoms with Crippen molar-refractivity contribution in [2.75, 3.05) is 11.5 Å². The Kier molecular flexibility index (Phi) is 4.89. The maximum atomic E-state index is 4.09. The molecule has 0 radical (unpaired) electrons. The van der Waals surface area contributed by atoms with E-state index in [1.165, 1.54) is 4.80 Å². The summed E-state index contributed by atoms with van der Waals surface area (Å²) in [5.41, 5.74) is 0. The molecule has 1 aromatic heterocycles. The SMILES string of the molecule is CCSCC(C)NCc1nnn(C)n1. The van der Waals surface area contributed by atoms with E-state index in [4.69, 9.17) is 0 Å². The van der Waals surface area contributed by atoms with Gasteiger partial charge >= 0.3 is 0 Å². The molecule has 80 valence electrons. The Balaban J connectivity index is 2.20. The van der Waals surface area contributed by atoms with Crippen molar-refractivity contribution in [3.8, 4) is 0 Å². The van der Waals surface area contributed by atoms with Crippen molar-refractivity contribution in [1.29, 1.82) is 0 Å². The van der Waals surface area contributed by atoms with Gasteiger partial charge in [0.1, 0.15) is 0 Å². The Bertz CT molecular complexity index is 262. The Morgan fingerprint density at radius 2 is 2.36 bits per heavy atom. The van der Waals surface area contributed by atoms with E-state index in [0.717, 1.165) is 17.3 Å². The monoisotopic (exact) mass is 215 g/mol. The third kappa shape index (κ3) is 4.06. The van der Waals surface area contributed by atoms with Crippen LogP contribution in [0, 0.1) is 0 Å². The van der Waals surface area contributed by atoms with Crippen LogP contribution >= 0.6 is 11.8 Å². The van der Waals surface area contributed by atoms with E-state index >= 15 is 0 Å². The van der Waals surface area contributed by atoms with Crippen LogP contribution in [0.1, 0.15) is 19.7 Å². The molecule has 0 spiro atoms. The molecular formula is C8H17N5S. The molecule has 1 aromatic rings. The summed E-state index contributed by atoms with van der Waals surface area (Å²) in [4.78, 5) is 1.47. The van der Waals surface area contributed by atoms with Crippen molar-refractivity contribution in [2.45, 2.75) is 26.4 Å². The van der Waals surface area contributed by atoms with Gasteiger partial charge in [0, 0.05) is 11.8 Å². The van der Waals surface area contributed by atoms with E-state index in [9.17, 15) is 0 Å². The number of aromatic nitrogens is 4. The first-order chi connectivity index (χ1) is 6.72. The average Bonchev–Trinajstić information content (AvgIpc) is 2.58. The molecule has 0 aliphatic heterocycles. The minimum Gasteiger partial charge on any atom is -0.306 e. The lowest BCUT2D eigenvalue weighted by Crippen LogP contribution is -2.28. The molecule has 1 atom stereocenters. The van der Waals surface area contributed by atoms with E-state index in [0.29, 0.717) is 12.6 Å². The van der Waals surface area contributed by atoms with Gasteiger partial charge in [0.15, 0.2) is 5.82 Å². The van der Waals surface area contributed by atoms with E-state index in [-0.39, 0.29) is 0 Å². The number of hydrogen-bond acceptors (Lipinski definition) is 5. The second kappa shape index (κ2) is 5.98. The molecule has 1 unspecified atom stereocenters. The van der Waals surface area contributed by atoms with Crippen LogP contribution in [-0.2, 0) is 13.6 Å². The lowest BCUT2D eigenvalue weighted by atomic mass is 10.4. The lowest BCUT2D eigenvalue weighted by Gasteiger charge is -2.10. The Morgan fingerprint density at radius 3 is 2.93 bits per heavy atom. The highest BCUT2D eigenvalue weighted by Crippen LogP contribution is 2.01. The second-order valence-electron chi connectivity index (χ2n) is 3.14.